The fraction of sp³-hybridized carbons (Fsp3) is 0.429. The van der Waals surface area contributed by atoms with E-state index in [1.807, 2.05) is 44.0 Å². The third-order valence-electron chi connectivity index (χ3n) is 3.28. The number of amides is 2. The molecule has 2 rings (SSSR count). The van der Waals surface area contributed by atoms with Crippen LogP contribution < -0.4 is 5.32 Å². The van der Waals surface area contributed by atoms with Crippen molar-refractivity contribution < 1.29 is 4.79 Å². The molecule has 1 aliphatic heterocycles. The maximum atomic E-state index is 11.9. The zero-order chi connectivity index (χ0) is 13.1. The van der Waals surface area contributed by atoms with Gasteiger partial charge in [-0.05, 0) is 31.4 Å². The molecule has 18 heavy (non-hydrogen) atoms. The number of carbonyl (C=O) groups excluding carboxylic acids is 1. The number of aryl methyl sites for hydroxylation is 2. The summed E-state index contributed by atoms with van der Waals surface area (Å²) in [4.78, 5) is 18.1. The lowest BCUT2D eigenvalue weighted by molar-refractivity contribution is 0.259. The van der Waals surface area contributed by atoms with Crippen molar-refractivity contribution in [2.24, 2.45) is 4.99 Å². The van der Waals surface area contributed by atoms with Gasteiger partial charge in [0.1, 0.15) is 5.84 Å². The van der Waals surface area contributed by atoms with Crippen LogP contribution >= 0.6 is 0 Å². The third kappa shape index (κ3) is 2.70. The summed E-state index contributed by atoms with van der Waals surface area (Å²) in [7, 11) is 1.97. The zero-order valence-corrected chi connectivity index (χ0v) is 11.2. The Morgan fingerprint density at radius 3 is 2.56 bits per heavy atom. The summed E-state index contributed by atoms with van der Waals surface area (Å²) in [5, 5.41) is 2.87. The maximum Gasteiger partial charge on any atom is 0.347 e. The molecule has 1 heterocycles. The quantitative estimate of drug-likeness (QED) is 0.826. The van der Waals surface area contributed by atoms with Gasteiger partial charge < -0.3 is 10.2 Å². The highest BCUT2D eigenvalue weighted by Crippen LogP contribution is 2.19. The Bertz CT molecular complexity index is 474. The second-order valence-corrected chi connectivity index (χ2v) is 4.75. The summed E-state index contributed by atoms with van der Waals surface area (Å²) >= 11 is 0. The van der Waals surface area contributed by atoms with Crippen molar-refractivity contribution in [1.29, 1.82) is 0 Å². The molecule has 0 aromatic heterocycles. The Balaban J connectivity index is 2.12. The van der Waals surface area contributed by atoms with Gasteiger partial charge in [-0.15, -0.1) is 0 Å². The van der Waals surface area contributed by atoms with E-state index in [4.69, 9.17) is 0 Å². The van der Waals surface area contributed by atoms with Gasteiger partial charge in [0.25, 0.3) is 0 Å². The van der Waals surface area contributed by atoms with Crippen LogP contribution in [0, 0.1) is 13.8 Å². The van der Waals surface area contributed by atoms with E-state index in [0.29, 0.717) is 0 Å². The standard InChI is InChI=1S/C14H19N3O/c1-10-6-4-7-11(2)13(10)16-14(18)15-12-8-5-9-17(12)3/h4,6-7H,5,8-9H2,1-3H3,(H,16,18). The minimum absolute atomic E-state index is 0.281. The lowest BCUT2D eigenvalue weighted by Crippen LogP contribution is -2.22. The Kier molecular flexibility index (Phi) is 3.65. The van der Waals surface area contributed by atoms with Gasteiger partial charge in [-0.1, -0.05) is 18.2 Å². The van der Waals surface area contributed by atoms with Crippen LogP contribution in [0.5, 0.6) is 0 Å². The summed E-state index contributed by atoms with van der Waals surface area (Å²) in [5.74, 6) is 0.874. The van der Waals surface area contributed by atoms with Gasteiger partial charge >= 0.3 is 6.03 Å². The first-order chi connectivity index (χ1) is 8.58. The molecule has 2 amide bonds. The highest BCUT2D eigenvalue weighted by atomic mass is 16.2. The van der Waals surface area contributed by atoms with Crippen LogP contribution in [0.15, 0.2) is 23.2 Å². The van der Waals surface area contributed by atoms with Gasteiger partial charge in [-0.25, -0.2) is 4.79 Å². The molecule has 4 heteroatoms. The Labute approximate surface area is 108 Å². The summed E-state index contributed by atoms with van der Waals surface area (Å²) in [6, 6.07) is 5.67. The van der Waals surface area contributed by atoms with Crippen LogP contribution in [0.3, 0.4) is 0 Å². The van der Waals surface area contributed by atoms with Crippen molar-refractivity contribution in [3.8, 4) is 0 Å². The summed E-state index contributed by atoms with van der Waals surface area (Å²) in [5.41, 5.74) is 2.99. The number of amidine groups is 1. The molecule has 0 saturated carbocycles. The predicted molar refractivity (Wildman–Crippen MR) is 74.2 cm³/mol. The Morgan fingerprint density at radius 1 is 1.33 bits per heavy atom. The van der Waals surface area contributed by atoms with E-state index in [9.17, 15) is 4.79 Å². The number of carbonyl (C=O) groups is 1. The van der Waals surface area contributed by atoms with E-state index < -0.39 is 0 Å². The molecule has 4 nitrogen and oxygen atoms in total. The smallest absolute Gasteiger partial charge is 0.347 e. The highest BCUT2D eigenvalue weighted by molar-refractivity contribution is 6.01. The van der Waals surface area contributed by atoms with E-state index in [1.165, 1.54) is 0 Å². The first-order valence-electron chi connectivity index (χ1n) is 6.24. The number of anilines is 1. The van der Waals surface area contributed by atoms with E-state index in [1.54, 1.807) is 0 Å². The average molecular weight is 245 g/mol. The van der Waals surface area contributed by atoms with Crippen LogP contribution in [0.1, 0.15) is 24.0 Å². The van der Waals surface area contributed by atoms with Crippen LogP contribution in [-0.2, 0) is 0 Å². The van der Waals surface area contributed by atoms with Gasteiger partial charge in [0.15, 0.2) is 0 Å². The number of hydrogen-bond acceptors (Lipinski definition) is 1. The number of para-hydroxylation sites is 1. The van der Waals surface area contributed by atoms with Crippen molar-refractivity contribution in [2.45, 2.75) is 26.7 Å². The number of likely N-dealkylation sites (tertiary alicyclic amines) is 1. The number of nitrogens with zero attached hydrogens (tertiary/aromatic N) is 2. The van der Waals surface area contributed by atoms with Crippen molar-refractivity contribution in [1.82, 2.24) is 4.90 Å². The SMILES string of the molecule is Cc1cccc(C)c1NC(=O)N=C1CCCN1C. The second kappa shape index (κ2) is 5.21. The molecule has 0 aliphatic carbocycles. The molecule has 0 unspecified atom stereocenters. The monoisotopic (exact) mass is 245 g/mol. The van der Waals surface area contributed by atoms with Gasteiger partial charge in [-0.3, -0.25) is 0 Å². The van der Waals surface area contributed by atoms with Gasteiger partial charge in [0, 0.05) is 25.7 Å². The Morgan fingerprint density at radius 2 is 2.00 bits per heavy atom. The van der Waals surface area contributed by atoms with Crippen molar-refractivity contribution >= 4 is 17.6 Å². The number of nitrogens with one attached hydrogen (secondary N) is 1. The van der Waals surface area contributed by atoms with Gasteiger partial charge in [0.05, 0.1) is 0 Å². The molecule has 1 aromatic rings. The summed E-state index contributed by atoms with van der Waals surface area (Å²) in [6.07, 6.45) is 1.96. The molecular formula is C14H19N3O. The lowest BCUT2D eigenvalue weighted by atomic mass is 10.1. The number of aliphatic imine (C=N–C) groups is 1. The number of rotatable bonds is 1. The number of hydrogen-bond donors (Lipinski definition) is 1. The van der Waals surface area contributed by atoms with Crippen LogP contribution in [0.4, 0.5) is 10.5 Å². The van der Waals surface area contributed by atoms with Crippen LogP contribution in [-0.4, -0.2) is 30.4 Å². The molecule has 0 spiro atoms. The molecule has 0 bridgehead atoms. The predicted octanol–water partition coefficient (Wildman–Crippen LogP) is 2.96. The molecular weight excluding hydrogens is 226 g/mol. The minimum Gasteiger partial charge on any atom is -0.363 e. The van der Waals surface area contributed by atoms with Gasteiger partial charge in [-0.2, -0.15) is 4.99 Å². The number of benzene rings is 1. The largest absolute Gasteiger partial charge is 0.363 e. The normalized spacial score (nSPS) is 17.3. The Hall–Kier alpha value is -1.84. The molecule has 0 radical (unpaired) electrons. The highest BCUT2D eigenvalue weighted by Gasteiger charge is 2.16. The lowest BCUT2D eigenvalue weighted by Gasteiger charge is -2.12. The zero-order valence-electron chi connectivity index (χ0n) is 11.2. The van der Waals surface area contributed by atoms with E-state index >= 15 is 0 Å². The molecule has 0 atom stereocenters. The van der Waals surface area contributed by atoms with Crippen molar-refractivity contribution in [3.05, 3.63) is 29.3 Å². The number of urea groups is 1. The summed E-state index contributed by atoms with van der Waals surface area (Å²) < 4.78 is 0. The first kappa shape index (κ1) is 12.6. The maximum absolute atomic E-state index is 11.9. The van der Waals surface area contributed by atoms with Crippen LogP contribution in [0.2, 0.25) is 0 Å². The fourth-order valence-electron chi connectivity index (χ4n) is 2.20. The minimum atomic E-state index is -0.281. The molecule has 96 valence electrons. The summed E-state index contributed by atoms with van der Waals surface area (Å²) in [6.45, 7) is 4.95. The van der Waals surface area contributed by atoms with E-state index in [2.05, 4.69) is 10.3 Å². The molecule has 1 N–H and O–H groups in total. The van der Waals surface area contributed by atoms with Crippen LogP contribution in [0.25, 0.3) is 0 Å². The second-order valence-electron chi connectivity index (χ2n) is 4.75. The molecule has 1 fully saturated rings. The topological polar surface area (TPSA) is 44.7 Å². The fourth-order valence-corrected chi connectivity index (χ4v) is 2.20. The van der Waals surface area contributed by atoms with E-state index in [-0.39, 0.29) is 6.03 Å². The molecule has 1 aliphatic rings. The van der Waals surface area contributed by atoms with E-state index in [0.717, 1.165) is 42.0 Å². The van der Waals surface area contributed by atoms with Gasteiger partial charge in [0.2, 0.25) is 0 Å². The molecule has 1 aromatic carbocycles. The third-order valence-corrected chi connectivity index (χ3v) is 3.28. The van der Waals surface area contributed by atoms with Crippen molar-refractivity contribution in [2.75, 3.05) is 18.9 Å². The van der Waals surface area contributed by atoms with Crippen molar-refractivity contribution in [3.63, 3.8) is 0 Å². The molecule has 1 saturated heterocycles. The average Bonchev–Trinajstić information content (AvgIpc) is 2.70. The first-order valence-corrected chi connectivity index (χ1v) is 6.24.